The number of methoxy groups -OCH3 is 1. The van der Waals surface area contributed by atoms with Gasteiger partial charge < -0.3 is 9.64 Å². The van der Waals surface area contributed by atoms with Crippen LogP contribution in [0, 0.1) is 18.8 Å². The summed E-state index contributed by atoms with van der Waals surface area (Å²) in [6.45, 7) is 7.96. The van der Waals surface area contributed by atoms with Gasteiger partial charge in [-0.1, -0.05) is 26.0 Å². The molecule has 4 heterocycles. The number of fused-ring (bicyclic) bond motifs is 1. The van der Waals surface area contributed by atoms with E-state index in [1.165, 1.54) is 10.5 Å². The van der Waals surface area contributed by atoms with Gasteiger partial charge in [0.2, 0.25) is 11.8 Å². The van der Waals surface area contributed by atoms with Gasteiger partial charge in [-0.25, -0.2) is 9.31 Å². The summed E-state index contributed by atoms with van der Waals surface area (Å²) in [5.74, 6) is 1.24. The van der Waals surface area contributed by atoms with E-state index in [-0.39, 0.29) is 36.7 Å². The van der Waals surface area contributed by atoms with Crippen molar-refractivity contribution in [3.63, 3.8) is 0 Å². The van der Waals surface area contributed by atoms with Crippen LogP contribution < -0.4 is 9.64 Å². The maximum atomic E-state index is 13.6. The number of amides is 4. The second kappa shape index (κ2) is 11.1. The Bertz CT molecular complexity index is 1390. The molecule has 2 aliphatic rings. The van der Waals surface area contributed by atoms with Crippen LogP contribution in [0.4, 0.5) is 10.5 Å². The summed E-state index contributed by atoms with van der Waals surface area (Å²) < 4.78 is 7.28. The molecule has 9 nitrogen and oxygen atoms in total. The predicted molar refractivity (Wildman–Crippen MR) is 149 cm³/mol. The number of likely N-dealkylation sites (tertiary alicyclic amines) is 1. The van der Waals surface area contributed by atoms with Crippen molar-refractivity contribution in [2.24, 2.45) is 11.8 Å². The highest BCUT2D eigenvalue weighted by Crippen LogP contribution is 2.30. The molecule has 0 atom stereocenters. The first-order chi connectivity index (χ1) is 18.7. The van der Waals surface area contributed by atoms with Gasteiger partial charge in [-0.2, -0.15) is 5.10 Å². The summed E-state index contributed by atoms with van der Waals surface area (Å²) in [7, 11) is 1.59. The maximum Gasteiger partial charge on any atom is 0.331 e. The normalized spacial score (nSPS) is 17.0. The van der Waals surface area contributed by atoms with Crippen molar-refractivity contribution >= 4 is 29.0 Å². The molecule has 0 aliphatic carbocycles. The molecule has 9 heteroatoms. The molecule has 0 unspecified atom stereocenters. The Labute approximate surface area is 229 Å². The van der Waals surface area contributed by atoms with E-state index in [9.17, 15) is 14.4 Å². The van der Waals surface area contributed by atoms with E-state index in [1.54, 1.807) is 22.7 Å². The van der Waals surface area contributed by atoms with Gasteiger partial charge in [0.1, 0.15) is 5.75 Å². The third-order valence-electron chi connectivity index (χ3n) is 7.88. The van der Waals surface area contributed by atoms with Crippen LogP contribution in [0.5, 0.6) is 5.75 Å². The van der Waals surface area contributed by atoms with E-state index >= 15 is 0 Å². The van der Waals surface area contributed by atoms with Gasteiger partial charge in [0.15, 0.2) is 0 Å². The van der Waals surface area contributed by atoms with Crippen LogP contribution in [-0.4, -0.2) is 64.0 Å². The molecule has 2 saturated heterocycles. The highest BCUT2D eigenvalue weighted by Gasteiger charge is 2.35. The van der Waals surface area contributed by atoms with E-state index in [1.807, 2.05) is 50.1 Å². The molecule has 0 radical (unpaired) electrons. The molecule has 39 heavy (non-hydrogen) atoms. The van der Waals surface area contributed by atoms with Crippen molar-refractivity contribution in [1.29, 1.82) is 0 Å². The van der Waals surface area contributed by atoms with Crippen molar-refractivity contribution in [2.75, 3.05) is 31.6 Å². The Hall–Kier alpha value is -3.88. The van der Waals surface area contributed by atoms with Crippen molar-refractivity contribution in [3.8, 4) is 5.75 Å². The van der Waals surface area contributed by atoms with Crippen molar-refractivity contribution in [1.82, 2.24) is 19.4 Å². The fourth-order valence-corrected chi connectivity index (χ4v) is 5.62. The first-order valence-corrected chi connectivity index (χ1v) is 13.8. The molecule has 0 bridgehead atoms. The fraction of sp³-hybridized carbons (Fsp3) is 0.467. The van der Waals surface area contributed by atoms with E-state index < -0.39 is 0 Å². The summed E-state index contributed by atoms with van der Waals surface area (Å²) in [5.41, 5.74) is 4.56. The Morgan fingerprint density at radius 2 is 1.87 bits per heavy atom. The maximum absolute atomic E-state index is 13.6. The zero-order valence-electron chi connectivity index (χ0n) is 23.2. The number of aryl methyl sites for hydroxylation is 1. The highest BCUT2D eigenvalue weighted by molar-refractivity contribution is 6.07. The summed E-state index contributed by atoms with van der Waals surface area (Å²) in [4.78, 5) is 43.7. The monoisotopic (exact) mass is 531 g/mol. The number of nitrogens with zero attached hydrogens (tertiary/aromatic N) is 5. The number of urea groups is 1. The number of carbonyl (C=O) groups excluding carboxylic acids is 3. The molecule has 5 rings (SSSR count). The van der Waals surface area contributed by atoms with Crippen LogP contribution >= 0.6 is 0 Å². The van der Waals surface area contributed by atoms with E-state index in [0.29, 0.717) is 23.9 Å². The lowest BCUT2D eigenvalue weighted by molar-refractivity contribution is -0.135. The standard InChI is InChI=1S/C30H37N5O4/c1-20(2)29(37)32-11-7-22(8-12-32)16-23-9-14-35-25(17-23)26(18-31-35)33-13-10-28(36)34(30(33)38)19-24-6-5-21(3)15-27(24)39-4/h5-6,9,14-15,17-18,20,22H,7-8,10-13,16,19H2,1-4H3. The van der Waals surface area contributed by atoms with Gasteiger partial charge in [-0.3, -0.25) is 19.4 Å². The Morgan fingerprint density at radius 3 is 2.59 bits per heavy atom. The summed E-state index contributed by atoms with van der Waals surface area (Å²) in [6.07, 6.45) is 6.76. The number of ether oxygens (including phenoxy) is 1. The number of benzene rings is 1. The second-order valence-corrected chi connectivity index (χ2v) is 11.0. The minimum atomic E-state index is -0.351. The molecule has 2 aromatic heterocycles. The van der Waals surface area contributed by atoms with Crippen molar-refractivity contribution < 1.29 is 19.1 Å². The van der Waals surface area contributed by atoms with Gasteiger partial charge in [-0.15, -0.1) is 0 Å². The first kappa shape index (κ1) is 26.7. The van der Waals surface area contributed by atoms with E-state index in [2.05, 4.69) is 17.2 Å². The minimum Gasteiger partial charge on any atom is -0.496 e. The molecule has 4 amide bonds. The lowest BCUT2D eigenvalue weighted by Gasteiger charge is -2.34. The van der Waals surface area contributed by atoms with E-state index in [0.717, 1.165) is 49.0 Å². The fourth-order valence-electron chi connectivity index (χ4n) is 5.62. The molecular formula is C30H37N5O4. The largest absolute Gasteiger partial charge is 0.496 e. The number of piperidine rings is 1. The van der Waals surface area contributed by atoms with Crippen LogP contribution in [0.3, 0.4) is 0 Å². The predicted octanol–water partition coefficient (Wildman–Crippen LogP) is 4.45. The SMILES string of the molecule is COc1cc(C)ccc1CN1C(=O)CCN(c2cnn3ccc(CC4CCN(C(=O)C(C)C)CC4)cc23)C1=O. The highest BCUT2D eigenvalue weighted by atomic mass is 16.5. The number of anilines is 1. The minimum absolute atomic E-state index is 0.0341. The van der Waals surface area contributed by atoms with Gasteiger partial charge in [0.05, 0.1) is 31.1 Å². The summed E-state index contributed by atoms with van der Waals surface area (Å²) in [6, 6.07) is 9.59. The molecule has 3 aromatic rings. The molecule has 0 spiro atoms. The lowest BCUT2D eigenvalue weighted by Crippen LogP contribution is -2.52. The van der Waals surface area contributed by atoms with Gasteiger partial charge in [0.25, 0.3) is 0 Å². The molecule has 1 aromatic carbocycles. The number of hydrogen-bond acceptors (Lipinski definition) is 5. The number of imide groups is 1. The number of hydrogen-bond donors (Lipinski definition) is 0. The summed E-state index contributed by atoms with van der Waals surface area (Å²) >= 11 is 0. The number of pyridine rings is 1. The molecule has 206 valence electrons. The number of aromatic nitrogens is 2. The average Bonchev–Trinajstić information content (AvgIpc) is 3.34. The third-order valence-corrected chi connectivity index (χ3v) is 7.88. The van der Waals surface area contributed by atoms with Crippen molar-refractivity contribution in [2.45, 2.75) is 53.0 Å². The topological polar surface area (TPSA) is 87.5 Å². The third kappa shape index (κ3) is 5.48. The molecule has 0 saturated carbocycles. The Kier molecular flexibility index (Phi) is 7.59. The van der Waals surface area contributed by atoms with Gasteiger partial charge >= 0.3 is 6.03 Å². The molecular weight excluding hydrogens is 494 g/mol. The van der Waals surface area contributed by atoms with Crippen LogP contribution in [0.2, 0.25) is 0 Å². The Morgan fingerprint density at radius 1 is 1.10 bits per heavy atom. The van der Waals surface area contributed by atoms with Crippen LogP contribution in [-0.2, 0) is 22.6 Å². The summed E-state index contributed by atoms with van der Waals surface area (Å²) in [5, 5.41) is 4.48. The number of carbonyl (C=O) groups is 3. The second-order valence-electron chi connectivity index (χ2n) is 11.0. The number of rotatable bonds is 7. The van der Waals surface area contributed by atoms with Gasteiger partial charge in [0, 0.05) is 43.7 Å². The molecule has 0 N–H and O–H groups in total. The smallest absolute Gasteiger partial charge is 0.331 e. The molecule has 2 aliphatic heterocycles. The van der Waals surface area contributed by atoms with Crippen LogP contribution in [0.15, 0.2) is 42.7 Å². The quantitative estimate of drug-likeness (QED) is 0.450. The van der Waals surface area contributed by atoms with Crippen LogP contribution in [0.1, 0.15) is 49.8 Å². The zero-order chi connectivity index (χ0) is 27.7. The zero-order valence-corrected chi connectivity index (χ0v) is 23.2. The van der Waals surface area contributed by atoms with E-state index in [4.69, 9.17) is 4.74 Å². The lowest BCUT2D eigenvalue weighted by atomic mass is 9.90. The molecule has 2 fully saturated rings. The Balaban J connectivity index is 1.32. The van der Waals surface area contributed by atoms with Crippen LogP contribution in [0.25, 0.3) is 5.52 Å². The van der Waals surface area contributed by atoms with Gasteiger partial charge in [-0.05, 0) is 61.4 Å². The first-order valence-electron chi connectivity index (χ1n) is 13.8. The van der Waals surface area contributed by atoms with Crippen molar-refractivity contribution in [3.05, 3.63) is 59.4 Å². The average molecular weight is 532 g/mol.